The minimum absolute atomic E-state index is 0.0384. The predicted octanol–water partition coefficient (Wildman–Crippen LogP) is 1.52. The summed E-state index contributed by atoms with van der Waals surface area (Å²) in [5.74, 6) is -0.0662. The molecule has 0 radical (unpaired) electrons. The van der Waals surface area contributed by atoms with Crippen molar-refractivity contribution >= 4 is 11.9 Å². The molecule has 0 bridgehead atoms. The van der Waals surface area contributed by atoms with Gasteiger partial charge in [0.1, 0.15) is 0 Å². The minimum Gasteiger partial charge on any atom is -0.379 e. The van der Waals surface area contributed by atoms with Gasteiger partial charge in [0.05, 0.1) is 12.6 Å². The van der Waals surface area contributed by atoms with Crippen molar-refractivity contribution in [3.8, 4) is 0 Å². The third kappa shape index (κ3) is 3.02. The molecule has 18 heavy (non-hydrogen) atoms. The van der Waals surface area contributed by atoms with Crippen molar-refractivity contribution in [2.24, 2.45) is 5.41 Å². The monoisotopic (exact) mass is 254 g/mol. The summed E-state index contributed by atoms with van der Waals surface area (Å²) in [4.78, 5) is 25.5. The van der Waals surface area contributed by atoms with E-state index < -0.39 is 0 Å². The standard InChI is InChI=1S/C13H22N2O3/c1-13(2,3)7-9-6-11(16)15(12(17)14-9)10-4-5-18-8-10/h9-10H,4-8H2,1-3H3,(H,14,17). The average Bonchev–Trinajstić information content (AvgIpc) is 2.66. The van der Waals surface area contributed by atoms with Crippen LogP contribution in [0.25, 0.3) is 0 Å². The van der Waals surface area contributed by atoms with Crippen LogP contribution in [-0.4, -0.2) is 42.1 Å². The van der Waals surface area contributed by atoms with Gasteiger partial charge in [-0.1, -0.05) is 20.8 Å². The summed E-state index contributed by atoms with van der Waals surface area (Å²) in [6.45, 7) is 7.44. The molecule has 0 spiro atoms. The van der Waals surface area contributed by atoms with Gasteiger partial charge in [-0.3, -0.25) is 9.69 Å². The fourth-order valence-corrected chi connectivity index (χ4v) is 2.68. The van der Waals surface area contributed by atoms with Gasteiger partial charge < -0.3 is 10.1 Å². The van der Waals surface area contributed by atoms with Crippen LogP contribution in [0.2, 0.25) is 0 Å². The molecule has 1 N–H and O–H groups in total. The van der Waals surface area contributed by atoms with Crippen LogP contribution in [0, 0.1) is 5.41 Å². The molecule has 2 aliphatic rings. The molecule has 0 aromatic carbocycles. The van der Waals surface area contributed by atoms with Crippen molar-refractivity contribution in [3.63, 3.8) is 0 Å². The molecule has 2 aliphatic heterocycles. The van der Waals surface area contributed by atoms with Crippen LogP contribution in [0.15, 0.2) is 0 Å². The van der Waals surface area contributed by atoms with Crippen molar-refractivity contribution in [1.82, 2.24) is 10.2 Å². The van der Waals surface area contributed by atoms with Gasteiger partial charge in [0.2, 0.25) is 5.91 Å². The van der Waals surface area contributed by atoms with E-state index in [9.17, 15) is 9.59 Å². The zero-order valence-corrected chi connectivity index (χ0v) is 11.4. The number of hydrogen-bond donors (Lipinski definition) is 1. The highest BCUT2D eigenvalue weighted by Gasteiger charge is 2.38. The lowest BCUT2D eigenvalue weighted by Crippen LogP contribution is -2.58. The summed E-state index contributed by atoms with van der Waals surface area (Å²) >= 11 is 0. The van der Waals surface area contributed by atoms with E-state index in [1.807, 2.05) is 0 Å². The lowest BCUT2D eigenvalue weighted by atomic mass is 9.86. The lowest BCUT2D eigenvalue weighted by molar-refractivity contribution is -0.132. The Morgan fingerprint density at radius 1 is 1.39 bits per heavy atom. The van der Waals surface area contributed by atoms with E-state index in [0.29, 0.717) is 19.6 Å². The molecule has 2 saturated heterocycles. The van der Waals surface area contributed by atoms with Crippen LogP contribution < -0.4 is 5.32 Å². The van der Waals surface area contributed by atoms with E-state index >= 15 is 0 Å². The highest BCUT2D eigenvalue weighted by atomic mass is 16.5. The third-order valence-electron chi connectivity index (χ3n) is 3.37. The van der Waals surface area contributed by atoms with Crippen molar-refractivity contribution in [3.05, 3.63) is 0 Å². The molecular weight excluding hydrogens is 232 g/mol. The molecule has 0 saturated carbocycles. The molecule has 0 aromatic rings. The normalized spacial score (nSPS) is 29.6. The van der Waals surface area contributed by atoms with Gasteiger partial charge in [0, 0.05) is 19.1 Å². The van der Waals surface area contributed by atoms with Crippen LogP contribution in [0.3, 0.4) is 0 Å². The maximum Gasteiger partial charge on any atom is 0.324 e. The number of carbonyl (C=O) groups is 2. The fourth-order valence-electron chi connectivity index (χ4n) is 2.68. The van der Waals surface area contributed by atoms with Gasteiger partial charge in [0.15, 0.2) is 0 Å². The Morgan fingerprint density at radius 3 is 2.61 bits per heavy atom. The summed E-state index contributed by atoms with van der Waals surface area (Å²) in [7, 11) is 0. The summed E-state index contributed by atoms with van der Waals surface area (Å²) in [6, 6.07) is -0.368. The molecular formula is C13H22N2O3. The zero-order chi connectivity index (χ0) is 13.3. The predicted molar refractivity (Wildman–Crippen MR) is 67.1 cm³/mol. The molecule has 5 heteroatoms. The Hall–Kier alpha value is -1.10. The number of amides is 3. The van der Waals surface area contributed by atoms with E-state index in [1.54, 1.807) is 0 Å². The first kappa shape index (κ1) is 13.3. The Morgan fingerprint density at radius 2 is 2.11 bits per heavy atom. The Kier molecular flexibility index (Phi) is 3.61. The van der Waals surface area contributed by atoms with E-state index in [-0.39, 0.29) is 29.4 Å². The molecule has 0 aliphatic carbocycles. The number of ether oxygens (including phenoxy) is 1. The van der Waals surface area contributed by atoms with Crippen molar-refractivity contribution < 1.29 is 14.3 Å². The number of urea groups is 1. The minimum atomic E-state index is -0.254. The largest absolute Gasteiger partial charge is 0.379 e. The van der Waals surface area contributed by atoms with E-state index in [4.69, 9.17) is 4.74 Å². The Balaban J connectivity index is 1.99. The number of nitrogens with zero attached hydrogens (tertiary/aromatic N) is 1. The van der Waals surface area contributed by atoms with Gasteiger partial charge in [-0.2, -0.15) is 0 Å². The van der Waals surface area contributed by atoms with Crippen LogP contribution in [0.5, 0.6) is 0 Å². The van der Waals surface area contributed by atoms with Gasteiger partial charge in [-0.25, -0.2) is 4.79 Å². The van der Waals surface area contributed by atoms with E-state index in [0.717, 1.165) is 12.8 Å². The number of carbonyl (C=O) groups excluding carboxylic acids is 2. The average molecular weight is 254 g/mol. The first-order chi connectivity index (χ1) is 8.37. The summed E-state index contributed by atoms with van der Waals surface area (Å²) in [5, 5.41) is 2.94. The van der Waals surface area contributed by atoms with Crippen molar-refractivity contribution in [2.75, 3.05) is 13.2 Å². The maximum absolute atomic E-state index is 12.1. The lowest BCUT2D eigenvalue weighted by Gasteiger charge is -2.36. The van der Waals surface area contributed by atoms with E-state index in [2.05, 4.69) is 26.1 Å². The van der Waals surface area contributed by atoms with Gasteiger partial charge in [0.25, 0.3) is 0 Å². The van der Waals surface area contributed by atoms with Crippen LogP contribution >= 0.6 is 0 Å². The highest BCUT2D eigenvalue weighted by molar-refractivity contribution is 5.97. The van der Waals surface area contributed by atoms with Crippen molar-refractivity contribution in [2.45, 2.75) is 52.1 Å². The molecule has 5 nitrogen and oxygen atoms in total. The fraction of sp³-hybridized carbons (Fsp3) is 0.846. The summed E-state index contributed by atoms with van der Waals surface area (Å²) in [6.07, 6.45) is 1.97. The molecule has 2 heterocycles. The maximum atomic E-state index is 12.1. The second-order valence-corrected chi connectivity index (χ2v) is 6.40. The quantitative estimate of drug-likeness (QED) is 0.813. The Labute approximate surface area is 108 Å². The topological polar surface area (TPSA) is 58.6 Å². The number of imide groups is 1. The van der Waals surface area contributed by atoms with Gasteiger partial charge in [-0.15, -0.1) is 0 Å². The van der Waals surface area contributed by atoms with Crippen molar-refractivity contribution in [1.29, 1.82) is 0 Å². The van der Waals surface area contributed by atoms with Gasteiger partial charge in [-0.05, 0) is 18.3 Å². The first-order valence-electron chi connectivity index (χ1n) is 6.57. The SMILES string of the molecule is CC(C)(C)CC1CC(=O)N(C2CCOC2)C(=O)N1. The Bertz CT molecular complexity index is 325. The summed E-state index contributed by atoms with van der Waals surface area (Å²) in [5.41, 5.74) is 0.108. The number of nitrogens with one attached hydrogen (secondary N) is 1. The molecule has 102 valence electrons. The summed E-state index contributed by atoms with van der Waals surface area (Å²) < 4.78 is 5.24. The van der Waals surface area contributed by atoms with E-state index in [1.165, 1.54) is 4.90 Å². The first-order valence-corrected chi connectivity index (χ1v) is 6.57. The molecule has 2 rings (SSSR count). The van der Waals surface area contributed by atoms with Gasteiger partial charge >= 0.3 is 6.03 Å². The molecule has 3 amide bonds. The van der Waals surface area contributed by atoms with Crippen LogP contribution in [0.4, 0.5) is 4.79 Å². The highest BCUT2D eigenvalue weighted by Crippen LogP contribution is 2.26. The number of hydrogen-bond acceptors (Lipinski definition) is 3. The molecule has 0 aromatic heterocycles. The third-order valence-corrected chi connectivity index (χ3v) is 3.37. The smallest absolute Gasteiger partial charge is 0.324 e. The second kappa shape index (κ2) is 4.88. The zero-order valence-electron chi connectivity index (χ0n) is 11.4. The van der Waals surface area contributed by atoms with Crippen LogP contribution in [0.1, 0.15) is 40.0 Å². The second-order valence-electron chi connectivity index (χ2n) is 6.40. The molecule has 2 unspecified atom stereocenters. The molecule has 2 fully saturated rings. The van der Waals surface area contributed by atoms with Crippen LogP contribution in [-0.2, 0) is 9.53 Å². The molecule has 2 atom stereocenters. The number of rotatable bonds is 2.